The molecule has 1 saturated heterocycles. The number of carbonyl (C=O) groups is 2. The van der Waals surface area contributed by atoms with E-state index in [2.05, 4.69) is 22.5 Å². The summed E-state index contributed by atoms with van der Waals surface area (Å²) in [6.07, 6.45) is 0. The van der Waals surface area contributed by atoms with Crippen LogP contribution in [-0.4, -0.2) is 43.0 Å². The molecule has 3 amide bonds. The third-order valence-corrected chi connectivity index (χ3v) is 4.88. The van der Waals surface area contributed by atoms with E-state index < -0.39 is 0 Å². The topological polar surface area (TPSA) is 64.7 Å². The number of hydrogen-bond acceptors (Lipinski definition) is 3. The number of piperazine rings is 1. The molecule has 3 rings (SSSR count). The van der Waals surface area contributed by atoms with Gasteiger partial charge in [-0.3, -0.25) is 4.79 Å². The van der Waals surface area contributed by atoms with Crippen LogP contribution in [0.5, 0.6) is 0 Å². The molecule has 6 heteroatoms. The van der Waals surface area contributed by atoms with Gasteiger partial charge in [0, 0.05) is 50.2 Å². The zero-order valence-corrected chi connectivity index (χ0v) is 16.1. The average Bonchev–Trinajstić information content (AvgIpc) is 2.65. The van der Waals surface area contributed by atoms with Gasteiger partial charge in [0.1, 0.15) is 0 Å². The number of benzene rings is 2. The van der Waals surface area contributed by atoms with E-state index in [0.717, 1.165) is 30.2 Å². The number of hydrogen-bond donors (Lipinski definition) is 2. The molecule has 1 fully saturated rings. The van der Waals surface area contributed by atoms with Gasteiger partial charge in [0.25, 0.3) is 0 Å². The van der Waals surface area contributed by atoms with Crippen molar-refractivity contribution in [2.45, 2.75) is 20.8 Å². The minimum atomic E-state index is -0.0776. The minimum absolute atomic E-state index is 0.0566. The highest BCUT2D eigenvalue weighted by Crippen LogP contribution is 2.20. The van der Waals surface area contributed by atoms with Gasteiger partial charge in [0.15, 0.2) is 0 Å². The second kappa shape index (κ2) is 8.12. The summed E-state index contributed by atoms with van der Waals surface area (Å²) in [5, 5.41) is 5.76. The highest BCUT2D eigenvalue weighted by atomic mass is 16.2. The van der Waals surface area contributed by atoms with Gasteiger partial charge in [-0.1, -0.05) is 6.07 Å². The van der Waals surface area contributed by atoms with Crippen LogP contribution in [0, 0.1) is 13.8 Å². The summed E-state index contributed by atoms with van der Waals surface area (Å²) in [5.74, 6) is -0.0776. The van der Waals surface area contributed by atoms with Crippen LogP contribution in [0.15, 0.2) is 42.5 Å². The van der Waals surface area contributed by atoms with Gasteiger partial charge in [-0.2, -0.15) is 0 Å². The molecule has 0 aliphatic carbocycles. The summed E-state index contributed by atoms with van der Waals surface area (Å²) < 4.78 is 0. The Hall–Kier alpha value is -3.02. The highest BCUT2D eigenvalue weighted by molar-refractivity contribution is 5.90. The largest absolute Gasteiger partial charge is 0.368 e. The van der Waals surface area contributed by atoms with Crippen molar-refractivity contribution < 1.29 is 9.59 Å². The lowest BCUT2D eigenvalue weighted by Gasteiger charge is -2.36. The predicted molar refractivity (Wildman–Crippen MR) is 109 cm³/mol. The van der Waals surface area contributed by atoms with Crippen molar-refractivity contribution in [3.63, 3.8) is 0 Å². The van der Waals surface area contributed by atoms with Gasteiger partial charge in [0.2, 0.25) is 5.91 Å². The number of anilines is 3. The Labute approximate surface area is 160 Å². The van der Waals surface area contributed by atoms with Crippen LogP contribution >= 0.6 is 0 Å². The maximum atomic E-state index is 12.5. The van der Waals surface area contributed by atoms with E-state index in [9.17, 15) is 9.59 Å². The molecule has 2 N–H and O–H groups in total. The van der Waals surface area contributed by atoms with Gasteiger partial charge >= 0.3 is 6.03 Å². The summed E-state index contributed by atoms with van der Waals surface area (Å²) >= 11 is 0. The number of amides is 3. The predicted octanol–water partition coefficient (Wildman–Crippen LogP) is 3.62. The molecule has 1 heterocycles. The second-order valence-electron chi connectivity index (χ2n) is 6.93. The Morgan fingerprint density at radius 3 is 2.04 bits per heavy atom. The standard InChI is InChI=1S/C21H26N4O2/c1-15-4-5-19(14-16(15)2)23-21(27)25-12-10-24(11-13-25)20-8-6-18(7-9-20)22-17(3)26/h4-9,14H,10-13H2,1-3H3,(H,22,26)(H,23,27). The summed E-state index contributed by atoms with van der Waals surface area (Å²) in [6, 6.07) is 13.7. The monoisotopic (exact) mass is 366 g/mol. The fourth-order valence-electron chi connectivity index (χ4n) is 3.15. The third-order valence-electron chi connectivity index (χ3n) is 4.88. The molecule has 0 radical (unpaired) electrons. The molecule has 1 aliphatic heterocycles. The quantitative estimate of drug-likeness (QED) is 0.872. The SMILES string of the molecule is CC(=O)Nc1ccc(N2CCN(C(=O)Nc3ccc(C)c(C)c3)CC2)cc1. The molecule has 1 aliphatic rings. The molecule has 0 saturated carbocycles. The van der Waals surface area contributed by atoms with Gasteiger partial charge in [0.05, 0.1) is 0 Å². The lowest BCUT2D eigenvalue weighted by Crippen LogP contribution is -2.50. The number of rotatable bonds is 3. The Morgan fingerprint density at radius 2 is 1.44 bits per heavy atom. The molecule has 0 aromatic heterocycles. The highest BCUT2D eigenvalue weighted by Gasteiger charge is 2.21. The van der Waals surface area contributed by atoms with E-state index in [1.807, 2.05) is 54.3 Å². The van der Waals surface area contributed by atoms with Crippen molar-refractivity contribution >= 4 is 29.0 Å². The smallest absolute Gasteiger partial charge is 0.321 e. The normalized spacial score (nSPS) is 14.0. The maximum Gasteiger partial charge on any atom is 0.321 e. The van der Waals surface area contributed by atoms with Crippen molar-refractivity contribution in [3.8, 4) is 0 Å². The Bertz CT molecular complexity index is 825. The summed E-state index contributed by atoms with van der Waals surface area (Å²) in [6.45, 7) is 8.49. The molecule has 27 heavy (non-hydrogen) atoms. The van der Waals surface area contributed by atoms with Crippen LogP contribution in [0.3, 0.4) is 0 Å². The molecular formula is C21H26N4O2. The van der Waals surface area contributed by atoms with Crippen LogP contribution in [0.25, 0.3) is 0 Å². The molecule has 6 nitrogen and oxygen atoms in total. The van der Waals surface area contributed by atoms with E-state index in [-0.39, 0.29) is 11.9 Å². The van der Waals surface area contributed by atoms with Crippen molar-refractivity contribution in [1.82, 2.24) is 4.90 Å². The maximum absolute atomic E-state index is 12.5. The first-order chi connectivity index (χ1) is 12.9. The van der Waals surface area contributed by atoms with Crippen LogP contribution < -0.4 is 15.5 Å². The van der Waals surface area contributed by atoms with Crippen LogP contribution in [0.1, 0.15) is 18.1 Å². The first-order valence-corrected chi connectivity index (χ1v) is 9.18. The summed E-state index contributed by atoms with van der Waals surface area (Å²) in [7, 11) is 0. The molecule has 142 valence electrons. The molecular weight excluding hydrogens is 340 g/mol. The first kappa shape index (κ1) is 18.8. The van der Waals surface area contributed by atoms with E-state index in [0.29, 0.717) is 13.1 Å². The number of urea groups is 1. The van der Waals surface area contributed by atoms with Gasteiger partial charge in [-0.05, 0) is 61.4 Å². The Kier molecular flexibility index (Phi) is 5.64. The minimum Gasteiger partial charge on any atom is -0.368 e. The van der Waals surface area contributed by atoms with E-state index in [1.54, 1.807) is 0 Å². The molecule has 0 atom stereocenters. The van der Waals surface area contributed by atoms with Crippen LogP contribution in [0.4, 0.5) is 21.9 Å². The summed E-state index contributed by atoms with van der Waals surface area (Å²) in [4.78, 5) is 27.7. The zero-order valence-electron chi connectivity index (χ0n) is 16.1. The Balaban J connectivity index is 1.54. The van der Waals surface area contributed by atoms with E-state index in [4.69, 9.17) is 0 Å². The number of aryl methyl sites for hydroxylation is 2. The lowest BCUT2D eigenvalue weighted by molar-refractivity contribution is -0.114. The zero-order chi connectivity index (χ0) is 19.4. The van der Waals surface area contributed by atoms with Crippen molar-refractivity contribution in [2.75, 3.05) is 41.7 Å². The molecule has 0 bridgehead atoms. The van der Waals surface area contributed by atoms with Crippen LogP contribution in [-0.2, 0) is 4.79 Å². The number of nitrogens with one attached hydrogen (secondary N) is 2. The van der Waals surface area contributed by atoms with Crippen molar-refractivity contribution in [2.24, 2.45) is 0 Å². The van der Waals surface area contributed by atoms with Gasteiger partial charge in [-0.25, -0.2) is 4.79 Å². The number of carbonyl (C=O) groups excluding carboxylic acids is 2. The average molecular weight is 366 g/mol. The van der Waals surface area contributed by atoms with Crippen molar-refractivity contribution in [3.05, 3.63) is 53.6 Å². The van der Waals surface area contributed by atoms with Crippen LogP contribution in [0.2, 0.25) is 0 Å². The van der Waals surface area contributed by atoms with E-state index >= 15 is 0 Å². The fraction of sp³-hybridized carbons (Fsp3) is 0.333. The fourth-order valence-corrected chi connectivity index (χ4v) is 3.15. The van der Waals surface area contributed by atoms with Gasteiger partial charge < -0.3 is 20.4 Å². The Morgan fingerprint density at radius 1 is 0.815 bits per heavy atom. The summed E-state index contributed by atoms with van der Waals surface area (Å²) in [5.41, 5.74) is 5.10. The molecule has 2 aromatic carbocycles. The van der Waals surface area contributed by atoms with Crippen molar-refractivity contribution in [1.29, 1.82) is 0 Å². The second-order valence-corrected chi connectivity index (χ2v) is 6.93. The molecule has 0 unspecified atom stereocenters. The first-order valence-electron chi connectivity index (χ1n) is 9.18. The molecule has 2 aromatic rings. The van der Waals surface area contributed by atoms with E-state index in [1.165, 1.54) is 18.1 Å². The third kappa shape index (κ3) is 4.78. The number of nitrogens with zero attached hydrogens (tertiary/aromatic N) is 2. The van der Waals surface area contributed by atoms with Gasteiger partial charge in [-0.15, -0.1) is 0 Å². The lowest BCUT2D eigenvalue weighted by atomic mass is 10.1. The molecule has 0 spiro atoms.